The van der Waals surface area contributed by atoms with Crippen molar-refractivity contribution in [3.8, 4) is 0 Å². The third-order valence-corrected chi connectivity index (χ3v) is 8.58. The van der Waals surface area contributed by atoms with Gasteiger partial charge in [0.1, 0.15) is 0 Å². The van der Waals surface area contributed by atoms with Crippen LogP contribution in [0.4, 0.5) is 5.95 Å². The van der Waals surface area contributed by atoms with Crippen LogP contribution in [0.2, 0.25) is 0 Å². The molecule has 8 heteroatoms. The van der Waals surface area contributed by atoms with Crippen molar-refractivity contribution in [1.82, 2.24) is 19.9 Å². The quantitative estimate of drug-likeness (QED) is 0.761. The van der Waals surface area contributed by atoms with Gasteiger partial charge >= 0.3 is 0 Å². The third-order valence-electron chi connectivity index (χ3n) is 6.47. The second-order valence-electron chi connectivity index (χ2n) is 8.78. The van der Waals surface area contributed by atoms with Gasteiger partial charge in [-0.25, -0.2) is 18.4 Å². The van der Waals surface area contributed by atoms with Crippen LogP contribution >= 0.6 is 0 Å². The van der Waals surface area contributed by atoms with E-state index in [4.69, 9.17) is 4.98 Å². The zero-order chi connectivity index (χ0) is 20.0. The number of nitrogens with zero attached hydrogens (tertiary/aromatic N) is 5. The van der Waals surface area contributed by atoms with E-state index in [2.05, 4.69) is 26.7 Å². The first-order valence-electron chi connectivity index (χ1n) is 10.4. The topological polar surface area (TPSA) is 79.3 Å². The molecular formula is C21H27N5O2S. The molecule has 3 aliphatic rings. The lowest BCUT2D eigenvalue weighted by atomic mass is 9.99. The Morgan fingerprint density at radius 3 is 2.90 bits per heavy atom. The summed E-state index contributed by atoms with van der Waals surface area (Å²) in [5.74, 6) is 1.38. The van der Waals surface area contributed by atoms with E-state index in [1.54, 1.807) is 12.4 Å². The van der Waals surface area contributed by atoms with Gasteiger partial charge in [0.2, 0.25) is 5.95 Å². The molecule has 0 bridgehead atoms. The number of anilines is 1. The minimum absolute atomic E-state index is 0.0565. The third kappa shape index (κ3) is 3.64. The number of aromatic nitrogens is 3. The first-order chi connectivity index (χ1) is 14.0. The molecule has 5 heterocycles. The maximum Gasteiger partial charge on any atom is 0.225 e. The van der Waals surface area contributed by atoms with E-state index in [0.717, 1.165) is 42.3 Å². The normalized spacial score (nSPS) is 28.7. The van der Waals surface area contributed by atoms with Crippen molar-refractivity contribution in [3.05, 3.63) is 47.5 Å². The number of rotatable bonds is 3. The summed E-state index contributed by atoms with van der Waals surface area (Å²) in [5, 5.41) is -0.380. The predicted molar refractivity (Wildman–Crippen MR) is 111 cm³/mol. The largest absolute Gasteiger partial charge is 0.341 e. The molecule has 0 spiro atoms. The number of hydrogen-bond acceptors (Lipinski definition) is 7. The first kappa shape index (κ1) is 18.9. The molecule has 2 fully saturated rings. The van der Waals surface area contributed by atoms with Crippen LogP contribution in [-0.2, 0) is 22.1 Å². The van der Waals surface area contributed by atoms with Gasteiger partial charge < -0.3 is 4.90 Å². The van der Waals surface area contributed by atoms with Crippen molar-refractivity contribution in [2.45, 2.75) is 43.2 Å². The Bertz CT molecular complexity index is 997. The summed E-state index contributed by atoms with van der Waals surface area (Å²) in [6.07, 6.45) is 7.76. The fraction of sp³-hybridized carbons (Fsp3) is 0.571. The highest BCUT2D eigenvalue weighted by Crippen LogP contribution is 2.40. The molecule has 5 rings (SSSR count). The lowest BCUT2D eigenvalue weighted by Gasteiger charge is -2.32. The van der Waals surface area contributed by atoms with Gasteiger partial charge in [-0.3, -0.25) is 9.88 Å². The van der Waals surface area contributed by atoms with E-state index in [-0.39, 0.29) is 16.9 Å². The summed E-state index contributed by atoms with van der Waals surface area (Å²) in [7, 11) is -3.20. The van der Waals surface area contributed by atoms with Crippen LogP contribution in [0.25, 0.3) is 0 Å². The molecule has 3 aliphatic heterocycles. The van der Waals surface area contributed by atoms with E-state index >= 15 is 0 Å². The molecule has 0 N–H and O–H groups in total. The molecule has 0 amide bonds. The van der Waals surface area contributed by atoms with E-state index in [1.165, 1.54) is 6.42 Å². The number of hydrogen-bond donors (Lipinski definition) is 0. The number of sulfone groups is 1. The van der Waals surface area contributed by atoms with Crippen molar-refractivity contribution in [1.29, 1.82) is 0 Å². The van der Waals surface area contributed by atoms with Crippen LogP contribution in [0.15, 0.2) is 30.7 Å². The average Bonchev–Trinajstić information content (AvgIpc) is 3.14. The molecule has 29 heavy (non-hydrogen) atoms. The zero-order valence-corrected chi connectivity index (χ0v) is 17.6. The molecule has 0 aliphatic carbocycles. The smallest absolute Gasteiger partial charge is 0.225 e. The maximum atomic E-state index is 12.9. The first-order valence-corrected chi connectivity index (χ1v) is 12.1. The fourth-order valence-electron chi connectivity index (χ4n) is 5.05. The van der Waals surface area contributed by atoms with Gasteiger partial charge in [-0.15, -0.1) is 0 Å². The highest BCUT2D eigenvalue weighted by molar-refractivity contribution is 7.91. The van der Waals surface area contributed by atoms with Crippen LogP contribution in [0, 0.1) is 5.92 Å². The van der Waals surface area contributed by atoms with Gasteiger partial charge in [-0.2, -0.15) is 0 Å². The molecule has 154 valence electrons. The number of likely N-dealkylation sites (tertiary alicyclic amines) is 1. The van der Waals surface area contributed by atoms with Crippen LogP contribution in [0.1, 0.15) is 42.5 Å². The number of piperidine rings is 1. The van der Waals surface area contributed by atoms with Gasteiger partial charge in [-0.05, 0) is 30.4 Å². The van der Waals surface area contributed by atoms with Crippen molar-refractivity contribution >= 4 is 15.8 Å². The van der Waals surface area contributed by atoms with Crippen LogP contribution in [-0.4, -0.2) is 59.7 Å². The summed E-state index contributed by atoms with van der Waals surface area (Å²) in [6.45, 7) is 6.19. The number of fused-ring (bicyclic) bond motifs is 3. The van der Waals surface area contributed by atoms with Gasteiger partial charge in [0.05, 0.1) is 16.7 Å². The fourth-order valence-corrected chi connectivity index (χ4v) is 7.07. The minimum atomic E-state index is -3.20. The summed E-state index contributed by atoms with van der Waals surface area (Å²) >= 11 is 0. The molecule has 0 aromatic carbocycles. The van der Waals surface area contributed by atoms with Gasteiger partial charge in [0, 0.05) is 62.8 Å². The molecule has 0 radical (unpaired) electrons. The Kier molecular flexibility index (Phi) is 4.78. The molecule has 7 nitrogen and oxygen atoms in total. The van der Waals surface area contributed by atoms with Crippen molar-refractivity contribution < 1.29 is 8.42 Å². The molecule has 2 aromatic rings. The van der Waals surface area contributed by atoms with E-state index in [1.807, 2.05) is 18.3 Å². The van der Waals surface area contributed by atoms with Crippen LogP contribution in [0.3, 0.4) is 0 Å². The van der Waals surface area contributed by atoms with Crippen molar-refractivity contribution in [2.75, 3.05) is 31.1 Å². The zero-order valence-electron chi connectivity index (χ0n) is 16.7. The summed E-state index contributed by atoms with van der Waals surface area (Å²) in [4.78, 5) is 18.1. The Balaban J connectivity index is 1.44. The Labute approximate surface area is 172 Å². The Morgan fingerprint density at radius 2 is 2.10 bits per heavy atom. The highest BCUT2D eigenvalue weighted by atomic mass is 32.2. The second kappa shape index (κ2) is 7.32. The van der Waals surface area contributed by atoms with Crippen molar-refractivity contribution in [2.24, 2.45) is 5.92 Å². The van der Waals surface area contributed by atoms with Crippen LogP contribution < -0.4 is 4.90 Å². The number of pyridine rings is 1. The summed E-state index contributed by atoms with van der Waals surface area (Å²) < 4.78 is 25.9. The SMILES string of the molecule is CC1CCCN(c2ncc3c(n2)[C@H]2CN(Cc4cccnc4)C[C@H]2S(=O)(=O)C3)C1. The van der Waals surface area contributed by atoms with Gasteiger partial charge in [-0.1, -0.05) is 13.0 Å². The Morgan fingerprint density at radius 1 is 1.21 bits per heavy atom. The summed E-state index contributed by atoms with van der Waals surface area (Å²) in [6, 6.07) is 3.96. The van der Waals surface area contributed by atoms with Gasteiger partial charge in [0.25, 0.3) is 0 Å². The second-order valence-corrected chi connectivity index (χ2v) is 11.0. The maximum absolute atomic E-state index is 12.9. The molecule has 2 saturated heterocycles. The van der Waals surface area contributed by atoms with Gasteiger partial charge in [0.15, 0.2) is 9.84 Å². The van der Waals surface area contributed by atoms with E-state index in [9.17, 15) is 8.42 Å². The molecule has 0 saturated carbocycles. The van der Waals surface area contributed by atoms with E-state index < -0.39 is 9.84 Å². The molecule has 3 atom stereocenters. The highest BCUT2D eigenvalue weighted by Gasteiger charge is 2.47. The molecule has 1 unspecified atom stereocenters. The van der Waals surface area contributed by atoms with Crippen molar-refractivity contribution in [3.63, 3.8) is 0 Å². The van der Waals surface area contributed by atoms with E-state index in [0.29, 0.717) is 25.6 Å². The summed E-state index contributed by atoms with van der Waals surface area (Å²) in [5.41, 5.74) is 2.83. The predicted octanol–water partition coefficient (Wildman–Crippen LogP) is 2.00. The Hall–Kier alpha value is -2.06. The molecular weight excluding hydrogens is 386 g/mol. The standard InChI is InChI=1S/C21H27N5O2S/c1-15-4-3-7-26(10-15)21-23-9-17-14-29(27,28)19-13-25(12-18(19)20(17)24-21)11-16-5-2-6-22-8-16/h2,5-6,8-9,15,18-19H,3-4,7,10-14H2,1H3/t15?,18-,19+/m0/s1. The lowest BCUT2D eigenvalue weighted by molar-refractivity contribution is 0.326. The minimum Gasteiger partial charge on any atom is -0.341 e. The molecule has 2 aromatic heterocycles. The van der Waals surface area contributed by atoms with Crippen LogP contribution in [0.5, 0.6) is 0 Å². The average molecular weight is 414 g/mol. The lowest BCUT2D eigenvalue weighted by Crippen LogP contribution is -2.38. The monoisotopic (exact) mass is 413 g/mol.